The van der Waals surface area contributed by atoms with Crippen molar-refractivity contribution >= 4 is 11.8 Å². The molecule has 0 fully saturated rings. The first-order valence-corrected chi connectivity index (χ1v) is 6.06. The third-order valence-corrected chi connectivity index (χ3v) is 3.11. The van der Waals surface area contributed by atoms with Crippen molar-refractivity contribution in [2.45, 2.75) is 38.4 Å². The summed E-state index contributed by atoms with van der Waals surface area (Å²) in [6.45, 7) is 8.63. The van der Waals surface area contributed by atoms with Gasteiger partial charge in [-0.2, -0.15) is 0 Å². The molecule has 1 aromatic heterocycles. The fourth-order valence-corrected chi connectivity index (χ4v) is 1.93. The lowest BCUT2D eigenvalue weighted by molar-refractivity contribution is 0.573. The summed E-state index contributed by atoms with van der Waals surface area (Å²) < 4.78 is 1.69. The third kappa shape index (κ3) is 3.58. The summed E-state index contributed by atoms with van der Waals surface area (Å²) in [6, 6.07) is 0. The molecule has 0 atom stereocenters. The van der Waals surface area contributed by atoms with Crippen LogP contribution in [0, 0.1) is 0 Å². The van der Waals surface area contributed by atoms with E-state index in [2.05, 4.69) is 23.7 Å². The van der Waals surface area contributed by atoms with E-state index in [9.17, 15) is 4.79 Å². The Labute approximate surface area is 93.8 Å². The SMILES string of the molecule is C=C(C)CSc1n[nH]c(=O)n1CCCC. The molecule has 0 amide bonds. The number of rotatable bonds is 6. The number of aromatic amines is 1. The molecule has 0 bridgehead atoms. The Morgan fingerprint density at radius 3 is 3.00 bits per heavy atom. The van der Waals surface area contributed by atoms with E-state index in [0.29, 0.717) is 0 Å². The van der Waals surface area contributed by atoms with Gasteiger partial charge in [0.05, 0.1) is 0 Å². The lowest BCUT2D eigenvalue weighted by Crippen LogP contribution is -2.17. The average molecular weight is 227 g/mol. The lowest BCUT2D eigenvalue weighted by atomic mass is 10.3. The zero-order chi connectivity index (χ0) is 11.3. The first-order valence-electron chi connectivity index (χ1n) is 5.07. The van der Waals surface area contributed by atoms with Crippen molar-refractivity contribution in [2.24, 2.45) is 0 Å². The van der Waals surface area contributed by atoms with Crippen LogP contribution < -0.4 is 5.69 Å². The van der Waals surface area contributed by atoms with Gasteiger partial charge in [0.25, 0.3) is 0 Å². The summed E-state index contributed by atoms with van der Waals surface area (Å²) in [7, 11) is 0. The highest BCUT2D eigenvalue weighted by atomic mass is 32.2. The van der Waals surface area contributed by atoms with Crippen LogP contribution in [0.1, 0.15) is 26.7 Å². The molecule has 1 rings (SSSR count). The predicted molar refractivity (Wildman–Crippen MR) is 63.3 cm³/mol. The van der Waals surface area contributed by atoms with Crippen molar-refractivity contribution in [3.05, 3.63) is 22.6 Å². The molecule has 0 aliphatic heterocycles. The van der Waals surface area contributed by atoms with Gasteiger partial charge >= 0.3 is 5.69 Å². The molecule has 1 N–H and O–H groups in total. The Bertz CT molecular complexity index is 380. The summed E-state index contributed by atoms with van der Waals surface area (Å²) in [6.07, 6.45) is 2.07. The minimum absolute atomic E-state index is 0.118. The molecule has 4 nitrogen and oxygen atoms in total. The normalized spacial score (nSPS) is 10.5. The third-order valence-electron chi connectivity index (χ3n) is 1.91. The van der Waals surface area contributed by atoms with Crippen LogP contribution in [0.4, 0.5) is 0 Å². The largest absolute Gasteiger partial charge is 0.343 e. The second-order valence-electron chi connectivity index (χ2n) is 3.56. The molecule has 0 saturated carbocycles. The molecule has 1 aromatic rings. The van der Waals surface area contributed by atoms with Gasteiger partial charge in [-0.1, -0.05) is 37.3 Å². The maximum atomic E-state index is 11.4. The van der Waals surface area contributed by atoms with Crippen molar-refractivity contribution < 1.29 is 0 Å². The fourth-order valence-electron chi connectivity index (χ4n) is 1.11. The molecule has 0 unspecified atom stereocenters. The minimum atomic E-state index is -0.118. The topological polar surface area (TPSA) is 50.7 Å². The van der Waals surface area contributed by atoms with E-state index < -0.39 is 0 Å². The Kier molecular flexibility index (Phi) is 4.68. The highest BCUT2D eigenvalue weighted by molar-refractivity contribution is 7.99. The molecule has 0 saturated heterocycles. The maximum absolute atomic E-state index is 11.4. The minimum Gasteiger partial charge on any atom is -0.270 e. The van der Waals surface area contributed by atoms with Gasteiger partial charge in [-0.3, -0.25) is 4.57 Å². The Morgan fingerprint density at radius 1 is 1.67 bits per heavy atom. The van der Waals surface area contributed by atoms with E-state index in [1.807, 2.05) is 6.92 Å². The van der Waals surface area contributed by atoms with Gasteiger partial charge in [0.2, 0.25) is 0 Å². The Hall–Kier alpha value is -0.970. The molecular formula is C10H17N3OS. The van der Waals surface area contributed by atoms with Gasteiger partial charge < -0.3 is 0 Å². The number of H-pyrrole nitrogens is 1. The second-order valence-corrected chi connectivity index (χ2v) is 4.50. The summed E-state index contributed by atoms with van der Waals surface area (Å²) >= 11 is 1.55. The Morgan fingerprint density at radius 2 is 2.40 bits per heavy atom. The quantitative estimate of drug-likeness (QED) is 0.597. The van der Waals surface area contributed by atoms with Gasteiger partial charge in [-0.15, -0.1) is 5.10 Å². The summed E-state index contributed by atoms with van der Waals surface area (Å²) in [4.78, 5) is 11.4. The van der Waals surface area contributed by atoms with E-state index in [1.165, 1.54) is 0 Å². The standard InChI is InChI=1S/C10H17N3OS/c1-4-5-6-13-9(14)11-12-10(13)15-7-8(2)3/h2,4-7H2,1,3H3,(H,11,14). The molecule has 0 spiro atoms. The number of aromatic nitrogens is 3. The predicted octanol–water partition coefficient (Wildman–Crippen LogP) is 2.04. The Balaban J connectivity index is 2.70. The smallest absolute Gasteiger partial charge is 0.270 e. The molecular weight excluding hydrogens is 210 g/mol. The zero-order valence-corrected chi connectivity index (χ0v) is 10.1. The van der Waals surface area contributed by atoms with Crippen molar-refractivity contribution in [3.63, 3.8) is 0 Å². The molecule has 0 aliphatic carbocycles. The van der Waals surface area contributed by atoms with E-state index >= 15 is 0 Å². The molecule has 0 radical (unpaired) electrons. The number of nitrogens with zero attached hydrogens (tertiary/aromatic N) is 2. The number of unbranched alkanes of at least 4 members (excludes halogenated alkanes) is 1. The zero-order valence-electron chi connectivity index (χ0n) is 9.25. The highest BCUT2D eigenvalue weighted by Gasteiger charge is 2.07. The van der Waals surface area contributed by atoms with Crippen LogP contribution in [0.5, 0.6) is 0 Å². The van der Waals surface area contributed by atoms with Crippen LogP contribution in [0.3, 0.4) is 0 Å². The first kappa shape index (κ1) is 12.1. The molecule has 0 aliphatic rings. The number of thioether (sulfide) groups is 1. The van der Waals surface area contributed by atoms with Crippen LogP contribution in [-0.2, 0) is 6.54 Å². The van der Waals surface area contributed by atoms with E-state index in [4.69, 9.17) is 0 Å². The van der Waals surface area contributed by atoms with Gasteiger partial charge in [0.15, 0.2) is 5.16 Å². The maximum Gasteiger partial charge on any atom is 0.343 e. The molecule has 84 valence electrons. The van der Waals surface area contributed by atoms with Crippen LogP contribution in [-0.4, -0.2) is 20.5 Å². The van der Waals surface area contributed by atoms with Crippen LogP contribution in [0.15, 0.2) is 22.1 Å². The van der Waals surface area contributed by atoms with Gasteiger partial charge in [-0.05, 0) is 13.3 Å². The van der Waals surface area contributed by atoms with Gasteiger partial charge in [-0.25, -0.2) is 9.89 Å². The van der Waals surface area contributed by atoms with E-state index in [-0.39, 0.29) is 5.69 Å². The molecule has 1 heterocycles. The summed E-state index contributed by atoms with van der Waals surface area (Å²) in [5.74, 6) is 0.802. The highest BCUT2D eigenvalue weighted by Crippen LogP contribution is 2.15. The molecule has 0 aromatic carbocycles. The van der Waals surface area contributed by atoms with Crippen molar-refractivity contribution in [3.8, 4) is 0 Å². The van der Waals surface area contributed by atoms with Gasteiger partial charge in [0, 0.05) is 12.3 Å². The van der Waals surface area contributed by atoms with E-state index in [0.717, 1.165) is 35.9 Å². The summed E-state index contributed by atoms with van der Waals surface area (Å²) in [5.41, 5.74) is 0.963. The molecule has 5 heteroatoms. The first-order chi connectivity index (χ1) is 7.15. The van der Waals surface area contributed by atoms with Crippen LogP contribution >= 0.6 is 11.8 Å². The monoisotopic (exact) mass is 227 g/mol. The fraction of sp³-hybridized carbons (Fsp3) is 0.600. The number of hydrogen-bond donors (Lipinski definition) is 1. The second kappa shape index (κ2) is 5.80. The summed E-state index contributed by atoms with van der Waals surface area (Å²) in [5, 5.41) is 7.23. The number of nitrogens with one attached hydrogen (secondary N) is 1. The average Bonchev–Trinajstić information content (AvgIpc) is 2.53. The van der Waals surface area contributed by atoms with Gasteiger partial charge in [0.1, 0.15) is 0 Å². The van der Waals surface area contributed by atoms with Crippen molar-refractivity contribution in [2.75, 3.05) is 5.75 Å². The van der Waals surface area contributed by atoms with Crippen LogP contribution in [0.25, 0.3) is 0 Å². The van der Waals surface area contributed by atoms with Crippen LogP contribution in [0.2, 0.25) is 0 Å². The van der Waals surface area contributed by atoms with Crippen molar-refractivity contribution in [1.29, 1.82) is 0 Å². The lowest BCUT2D eigenvalue weighted by Gasteiger charge is -2.03. The number of hydrogen-bond acceptors (Lipinski definition) is 3. The van der Waals surface area contributed by atoms with E-state index in [1.54, 1.807) is 16.3 Å². The molecule has 15 heavy (non-hydrogen) atoms. The van der Waals surface area contributed by atoms with Crippen molar-refractivity contribution in [1.82, 2.24) is 14.8 Å².